The van der Waals surface area contributed by atoms with Gasteiger partial charge >= 0.3 is 5.97 Å². The minimum Gasteiger partial charge on any atom is -0.423 e. The van der Waals surface area contributed by atoms with Gasteiger partial charge in [-0.15, -0.1) is 0 Å². The third-order valence-electron chi connectivity index (χ3n) is 5.06. The standard InChI is InChI=1S/C24H16N2O3/c25-23(27)15-4-3-5-16(12-15)24(28)29-17-10-8-14-9-11-19-18-6-1-2-7-21(18)26-22(19)20(14)13-17/h1-13,26H,(H2,25,27). The molecule has 0 fully saturated rings. The fourth-order valence-corrected chi connectivity index (χ4v) is 3.65. The highest BCUT2D eigenvalue weighted by Crippen LogP contribution is 2.33. The number of aromatic nitrogens is 1. The molecule has 5 rings (SSSR count). The van der Waals surface area contributed by atoms with E-state index in [1.165, 1.54) is 6.07 Å². The van der Waals surface area contributed by atoms with Crippen LogP contribution in [0.3, 0.4) is 0 Å². The molecular weight excluding hydrogens is 364 g/mol. The number of fused-ring (bicyclic) bond motifs is 5. The molecule has 1 heterocycles. The number of carbonyl (C=O) groups is 2. The lowest BCUT2D eigenvalue weighted by Crippen LogP contribution is -2.13. The molecule has 0 bridgehead atoms. The second-order valence-electron chi connectivity index (χ2n) is 6.88. The highest BCUT2D eigenvalue weighted by Gasteiger charge is 2.13. The monoisotopic (exact) mass is 380 g/mol. The Morgan fingerprint density at radius 2 is 1.55 bits per heavy atom. The highest BCUT2D eigenvalue weighted by molar-refractivity contribution is 6.17. The predicted octanol–water partition coefficient (Wildman–Crippen LogP) is 4.79. The fourth-order valence-electron chi connectivity index (χ4n) is 3.65. The van der Waals surface area contributed by atoms with E-state index in [1.807, 2.05) is 30.3 Å². The molecule has 0 spiro atoms. The predicted molar refractivity (Wildman–Crippen MR) is 113 cm³/mol. The van der Waals surface area contributed by atoms with Crippen molar-refractivity contribution in [3.8, 4) is 5.75 Å². The van der Waals surface area contributed by atoms with Crippen molar-refractivity contribution in [1.82, 2.24) is 4.98 Å². The minimum absolute atomic E-state index is 0.262. The number of nitrogens with one attached hydrogen (secondary N) is 1. The Hall–Kier alpha value is -4.12. The molecule has 0 aliphatic rings. The van der Waals surface area contributed by atoms with E-state index >= 15 is 0 Å². The summed E-state index contributed by atoms with van der Waals surface area (Å²) in [6.07, 6.45) is 0. The van der Waals surface area contributed by atoms with Gasteiger partial charge in [-0.05, 0) is 41.8 Å². The summed E-state index contributed by atoms with van der Waals surface area (Å²) in [5, 5.41) is 4.27. The van der Waals surface area contributed by atoms with Crippen molar-refractivity contribution in [2.45, 2.75) is 0 Å². The summed E-state index contributed by atoms with van der Waals surface area (Å²) < 4.78 is 5.56. The first-order valence-electron chi connectivity index (χ1n) is 9.15. The average molecular weight is 380 g/mol. The normalized spacial score (nSPS) is 11.2. The Morgan fingerprint density at radius 3 is 2.41 bits per heavy atom. The number of aromatic amines is 1. The third kappa shape index (κ3) is 2.89. The molecule has 0 saturated heterocycles. The number of hydrogen-bond donors (Lipinski definition) is 2. The van der Waals surface area contributed by atoms with Gasteiger partial charge in [0, 0.05) is 27.2 Å². The SMILES string of the molecule is NC(=O)c1cccc(C(=O)Oc2ccc3ccc4c5ccccc5[nH]c4c3c2)c1. The van der Waals surface area contributed by atoms with Gasteiger partial charge < -0.3 is 15.5 Å². The molecule has 4 aromatic carbocycles. The molecule has 3 N–H and O–H groups in total. The van der Waals surface area contributed by atoms with Crippen molar-refractivity contribution in [2.24, 2.45) is 5.73 Å². The van der Waals surface area contributed by atoms with Gasteiger partial charge in [-0.2, -0.15) is 0 Å². The number of ether oxygens (including phenoxy) is 1. The molecular formula is C24H16N2O3. The number of hydrogen-bond acceptors (Lipinski definition) is 3. The highest BCUT2D eigenvalue weighted by atomic mass is 16.5. The molecule has 29 heavy (non-hydrogen) atoms. The molecule has 140 valence electrons. The first-order valence-corrected chi connectivity index (χ1v) is 9.15. The lowest BCUT2D eigenvalue weighted by Gasteiger charge is -2.07. The first kappa shape index (κ1) is 17.0. The van der Waals surface area contributed by atoms with Crippen LogP contribution in [-0.4, -0.2) is 16.9 Å². The third-order valence-corrected chi connectivity index (χ3v) is 5.06. The molecule has 5 aromatic rings. The molecule has 0 radical (unpaired) electrons. The number of primary amides is 1. The number of carbonyl (C=O) groups excluding carboxylic acids is 2. The zero-order valence-corrected chi connectivity index (χ0v) is 15.3. The summed E-state index contributed by atoms with van der Waals surface area (Å²) in [6.45, 7) is 0. The number of benzene rings is 4. The lowest BCUT2D eigenvalue weighted by atomic mass is 10.1. The molecule has 0 saturated carbocycles. The van der Waals surface area contributed by atoms with Crippen molar-refractivity contribution in [3.63, 3.8) is 0 Å². The van der Waals surface area contributed by atoms with E-state index in [1.54, 1.807) is 24.3 Å². The number of amides is 1. The number of H-pyrrole nitrogens is 1. The molecule has 1 amide bonds. The van der Waals surface area contributed by atoms with Crippen molar-refractivity contribution < 1.29 is 14.3 Å². The summed E-state index contributed by atoms with van der Waals surface area (Å²) >= 11 is 0. The maximum absolute atomic E-state index is 12.5. The Balaban J connectivity index is 1.57. The maximum atomic E-state index is 12.5. The van der Waals surface area contributed by atoms with Crippen molar-refractivity contribution in [3.05, 3.63) is 90.0 Å². The van der Waals surface area contributed by atoms with E-state index in [0.29, 0.717) is 5.75 Å². The van der Waals surface area contributed by atoms with E-state index in [2.05, 4.69) is 23.2 Å². The zero-order valence-electron chi connectivity index (χ0n) is 15.3. The van der Waals surface area contributed by atoms with Gasteiger partial charge in [0.2, 0.25) is 5.91 Å². The number of rotatable bonds is 3. The largest absolute Gasteiger partial charge is 0.423 e. The Kier molecular flexibility index (Phi) is 3.81. The Bertz CT molecular complexity index is 1430. The van der Waals surface area contributed by atoms with Crippen LogP contribution in [0.25, 0.3) is 32.6 Å². The van der Waals surface area contributed by atoms with Gasteiger partial charge in [-0.25, -0.2) is 4.79 Å². The van der Waals surface area contributed by atoms with Crippen LogP contribution in [0.15, 0.2) is 78.9 Å². The second kappa shape index (κ2) is 6.49. The zero-order chi connectivity index (χ0) is 20.0. The molecule has 0 aliphatic carbocycles. The van der Waals surface area contributed by atoms with E-state index in [9.17, 15) is 9.59 Å². The summed E-state index contributed by atoms with van der Waals surface area (Å²) in [5.74, 6) is -0.707. The van der Waals surface area contributed by atoms with Gasteiger partial charge in [-0.3, -0.25) is 4.79 Å². The van der Waals surface area contributed by atoms with E-state index in [4.69, 9.17) is 10.5 Å². The van der Waals surface area contributed by atoms with Crippen LogP contribution in [-0.2, 0) is 0 Å². The van der Waals surface area contributed by atoms with Crippen molar-refractivity contribution >= 4 is 44.5 Å². The summed E-state index contributed by atoms with van der Waals surface area (Å²) in [5.41, 5.74) is 7.87. The van der Waals surface area contributed by atoms with Gasteiger partial charge in [0.25, 0.3) is 0 Å². The first-order chi connectivity index (χ1) is 14.1. The molecule has 1 aromatic heterocycles. The maximum Gasteiger partial charge on any atom is 0.343 e. The van der Waals surface area contributed by atoms with E-state index in [0.717, 1.165) is 32.6 Å². The average Bonchev–Trinajstić information content (AvgIpc) is 3.13. The van der Waals surface area contributed by atoms with Gasteiger partial charge in [0.05, 0.1) is 11.1 Å². The van der Waals surface area contributed by atoms with Crippen LogP contribution in [0.2, 0.25) is 0 Å². The molecule has 0 aliphatic heterocycles. The van der Waals surface area contributed by atoms with Crippen LogP contribution in [0, 0.1) is 0 Å². The smallest absolute Gasteiger partial charge is 0.343 e. The minimum atomic E-state index is -0.591. The van der Waals surface area contributed by atoms with Gasteiger partial charge in [-0.1, -0.05) is 42.5 Å². The Labute approximate surface area is 165 Å². The quantitative estimate of drug-likeness (QED) is 0.348. The van der Waals surface area contributed by atoms with E-state index in [-0.39, 0.29) is 11.1 Å². The molecule has 5 nitrogen and oxygen atoms in total. The molecule has 0 atom stereocenters. The fraction of sp³-hybridized carbons (Fsp3) is 0. The second-order valence-corrected chi connectivity index (χ2v) is 6.88. The summed E-state index contributed by atoms with van der Waals surface area (Å²) in [4.78, 5) is 27.4. The van der Waals surface area contributed by atoms with Crippen LogP contribution in [0.4, 0.5) is 0 Å². The summed E-state index contributed by atoms with van der Waals surface area (Å²) in [7, 11) is 0. The summed E-state index contributed by atoms with van der Waals surface area (Å²) in [6, 6.07) is 24.0. The van der Waals surface area contributed by atoms with Crippen LogP contribution in [0.1, 0.15) is 20.7 Å². The van der Waals surface area contributed by atoms with E-state index < -0.39 is 11.9 Å². The molecule has 5 heteroatoms. The Morgan fingerprint density at radius 1 is 0.759 bits per heavy atom. The molecule has 0 unspecified atom stereocenters. The lowest BCUT2D eigenvalue weighted by molar-refractivity contribution is 0.0735. The topological polar surface area (TPSA) is 85.2 Å². The van der Waals surface area contributed by atoms with Crippen LogP contribution >= 0.6 is 0 Å². The van der Waals surface area contributed by atoms with Crippen LogP contribution in [0.5, 0.6) is 5.75 Å². The number of esters is 1. The van der Waals surface area contributed by atoms with Crippen molar-refractivity contribution in [1.29, 1.82) is 0 Å². The van der Waals surface area contributed by atoms with Gasteiger partial charge in [0.1, 0.15) is 5.75 Å². The van der Waals surface area contributed by atoms with Gasteiger partial charge in [0.15, 0.2) is 0 Å². The number of para-hydroxylation sites is 1. The van der Waals surface area contributed by atoms with Crippen LogP contribution < -0.4 is 10.5 Å². The van der Waals surface area contributed by atoms with Crippen molar-refractivity contribution in [2.75, 3.05) is 0 Å². The number of nitrogens with two attached hydrogens (primary N) is 1.